The summed E-state index contributed by atoms with van der Waals surface area (Å²) in [4.78, 5) is 10.6. The lowest BCUT2D eigenvalue weighted by Crippen LogP contribution is -2.15. The molecule has 0 atom stereocenters. The number of benzene rings is 5. The highest BCUT2D eigenvalue weighted by Gasteiger charge is 2.30. The molecule has 0 bridgehead atoms. The Kier molecular flexibility index (Phi) is 13.8. The molecule has 0 saturated carbocycles. The fourth-order valence-corrected chi connectivity index (χ4v) is 7.41. The standard InChI is InChI=1S/C34H24F5NO4S5/c35-45-29-27(30(46-36)32(48-38)33(49-39)31(29)47-37)40-34(41)24-16-25(42-18-21-10-4-1-5-11-21)28(44-20-23-14-8-3-9-15-23)26(17-24)43-19-22-12-6-2-7-13-22/h1-17H,18-20H2,(H,40,41). The number of halogens is 5. The van der Waals surface area contributed by atoms with Crippen LogP contribution in [0.25, 0.3) is 0 Å². The molecule has 1 N–H and O–H groups in total. The fourth-order valence-electron chi connectivity index (χ4n) is 4.56. The normalized spacial score (nSPS) is 10.9. The van der Waals surface area contributed by atoms with Crippen molar-refractivity contribution in [2.75, 3.05) is 5.32 Å². The number of ether oxygens (including phenoxy) is 3. The van der Waals surface area contributed by atoms with E-state index in [-0.39, 0.29) is 42.6 Å². The van der Waals surface area contributed by atoms with Crippen LogP contribution in [0.2, 0.25) is 0 Å². The van der Waals surface area contributed by atoms with Crippen molar-refractivity contribution in [3.05, 3.63) is 125 Å². The molecule has 5 aromatic carbocycles. The predicted octanol–water partition coefficient (Wildman–Crippen LogP) is 12.6. The van der Waals surface area contributed by atoms with Gasteiger partial charge in [0.05, 0.1) is 90.9 Å². The van der Waals surface area contributed by atoms with Crippen molar-refractivity contribution in [1.29, 1.82) is 0 Å². The molecule has 5 aromatic rings. The highest BCUT2D eigenvalue weighted by Crippen LogP contribution is 2.54. The monoisotopic (exact) mass is 765 g/mol. The summed E-state index contributed by atoms with van der Waals surface area (Å²) in [5.74, 6) is -0.525. The SMILES string of the molecule is O=C(Nc1c(SF)c(SF)c(SF)c(SF)c1SF)c1cc(OCc2ccccc2)c(OCc2ccccc2)c(OCc2ccccc2)c1. The van der Waals surface area contributed by atoms with E-state index in [1.165, 1.54) is 12.1 Å². The van der Waals surface area contributed by atoms with Crippen LogP contribution in [0.1, 0.15) is 27.0 Å². The van der Waals surface area contributed by atoms with Crippen LogP contribution in [0, 0.1) is 0 Å². The summed E-state index contributed by atoms with van der Waals surface area (Å²) in [5, 5.41) is 2.37. The molecule has 5 nitrogen and oxygen atoms in total. The molecule has 0 fully saturated rings. The number of amides is 1. The molecule has 49 heavy (non-hydrogen) atoms. The fraction of sp³-hybridized carbons (Fsp3) is 0.0882. The Morgan fingerprint density at radius 3 is 1.22 bits per heavy atom. The number of hydrogen-bond donors (Lipinski definition) is 1. The van der Waals surface area contributed by atoms with Crippen LogP contribution in [0.3, 0.4) is 0 Å². The van der Waals surface area contributed by atoms with Gasteiger partial charge in [-0.3, -0.25) is 4.79 Å². The molecular weight excluding hydrogens is 742 g/mol. The first kappa shape index (κ1) is 36.6. The Morgan fingerprint density at radius 2 is 0.857 bits per heavy atom. The van der Waals surface area contributed by atoms with Gasteiger partial charge in [0.1, 0.15) is 19.8 Å². The van der Waals surface area contributed by atoms with E-state index < -0.39 is 96.8 Å². The average Bonchev–Trinajstić information content (AvgIpc) is 3.15. The number of nitrogens with one attached hydrogen (secondary N) is 1. The van der Waals surface area contributed by atoms with Gasteiger partial charge in [-0.15, -0.1) is 0 Å². The van der Waals surface area contributed by atoms with E-state index in [1.54, 1.807) is 0 Å². The minimum atomic E-state index is -0.931. The minimum absolute atomic E-state index is 0.0769. The molecule has 15 heteroatoms. The molecule has 0 aliphatic heterocycles. The summed E-state index contributed by atoms with van der Waals surface area (Å²) >= 11 is -2.80. The number of carbonyl (C=O) groups is 1. The molecule has 0 saturated heterocycles. The van der Waals surface area contributed by atoms with Gasteiger partial charge in [0.15, 0.2) is 11.5 Å². The summed E-state index contributed by atoms with van der Waals surface area (Å²) in [6.07, 6.45) is 0. The van der Waals surface area contributed by atoms with Crippen LogP contribution in [0.4, 0.5) is 25.1 Å². The van der Waals surface area contributed by atoms with Gasteiger partial charge in [0.2, 0.25) is 5.75 Å². The number of anilines is 1. The molecular formula is C34H24F5NO4S5. The van der Waals surface area contributed by atoms with Crippen LogP contribution in [-0.2, 0) is 19.8 Å². The highest BCUT2D eigenvalue weighted by atomic mass is 32.2. The molecule has 1 amide bonds. The van der Waals surface area contributed by atoms with Gasteiger partial charge >= 0.3 is 0 Å². The molecule has 0 aromatic heterocycles. The Bertz CT molecular complexity index is 1760. The third-order valence-corrected chi connectivity index (χ3v) is 10.2. The Balaban J connectivity index is 1.59. The van der Waals surface area contributed by atoms with Gasteiger partial charge in [0, 0.05) is 5.56 Å². The number of rotatable bonds is 16. The maximum atomic E-state index is 14.2. The van der Waals surface area contributed by atoms with E-state index in [1.807, 2.05) is 91.0 Å². The third kappa shape index (κ3) is 9.14. The molecule has 0 unspecified atom stereocenters. The van der Waals surface area contributed by atoms with E-state index in [0.717, 1.165) is 16.7 Å². The maximum absolute atomic E-state index is 14.2. The van der Waals surface area contributed by atoms with E-state index >= 15 is 0 Å². The van der Waals surface area contributed by atoms with Gasteiger partial charge in [0.25, 0.3) is 5.91 Å². The van der Waals surface area contributed by atoms with Gasteiger partial charge in [-0.25, -0.2) is 0 Å². The van der Waals surface area contributed by atoms with Crippen LogP contribution < -0.4 is 19.5 Å². The largest absolute Gasteiger partial charge is 0.485 e. The van der Waals surface area contributed by atoms with E-state index in [2.05, 4.69) is 5.32 Å². The molecule has 254 valence electrons. The third-order valence-electron chi connectivity index (χ3n) is 6.89. The van der Waals surface area contributed by atoms with Crippen molar-refractivity contribution in [2.24, 2.45) is 0 Å². The molecule has 0 aliphatic rings. The van der Waals surface area contributed by atoms with Crippen molar-refractivity contribution in [3.8, 4) is 17.2 Å². The predicted molar refractivity (Wildman–Crippen MR) is 188 cm³/mol. The van der Waals surface area contributed by atoms with Crippen molar-refractivity contribution in [1.82, 2.24) is 0 Å². The first-order valence-electron chi connectivity index (χ1n) is 14.2. The highest BCUT2D eigenvalue weighted by molar-refractivity contribution is 8.00. The maximum Gasteiger partial charge on any atom is 0.256 e. The van der Waals surface area contributed by atoms with Gasteiger partial charge in [-0.1, -0.05) is 91.0 Å². The average molecular weight is 766 g/mol. The van der Waals surface area contributed by atoms with Crippen molar-refractivity contribution < 1.29 is 38.4 Å². The lowest BCUT2D eigenvalue weighted by Gasteiger charge is -2.20. The van der Waals surface area contributed by atoms with Gasteiger partial charge in [-0.2, -0.15) is 19.4 Å². The number of hydrogen-bond acceptors (Lipinski definition) is 9. The van der Waals surface area contributed by atoms with Crippen molar-refractivity contribution in [3.63, 3.8) is 0 Å². The van der Waals surface area contributed by atoms with Crippen LogP contribution >= 0.6 is 60.7 Å². The van der Waals surface area contributed by atoms with Crippen LogP contribution in [0.5, 0.6) is 17.2 Å². The second kappa shape index (κ2) is 18.4. The molecule has 0 spiro atoms. The van der Waals surface area contributed by atoms with Crippen molar-refractivity contribution in [2.45, 2.75) is 44.3 Å². The van der Waals surface area contributed by atoms with E-state index in [4.69, 9.17) is 14.2 Å². The molecule has 0 radical (unpaired) electrons. The molecule has 5 rings (SSSR count). The molecule has 0 aliphatic carbocycles. The first-order chi connectivity index (χ1) is 24.0. The van der Waals surface area contributed by atoms with E-state index in [9.17, 15) is 24.2 Å². The Hall–Kier alpha value is -3.63. The second-order valence-electron chi connectivity index (χ2n) is 9.98. The summed E-state index contributed by atoms with van der Waals surface area (Å²) in [7, 11) is 0. The quantitative estimate of drug-likeness (QED) is 0.0990. The van der Waals surface area contributed by atoms with Crippen molar-refractivity contribution >= 4 is 72.3 Å². The van der Waals surface area contributed by atoms with Crippen LogP contribution in [0.15, 0.2) is 128 Å². The lowest BCUT2D eigenvalue weighted by molar-refractivity contribution is 0.102. The van der Waals surface area contributed by atoms with Gasteiger partial charge in [-0.05, 0) is 28.8 Å². The lowest BCUT2D eigenvalue weighted by atomic mass is 10.1. The summed E-state index contributed by atoms with van der Waals surface area (Å²) in [5.41, 5.74) is 1.79. The molecule has 0 heterocycles. The second-order valence-corrected chi connectivity index (χ2v) is 12.8. The van der Waals surface area contributed by atoms with Gasteiger partial charge < -0.3 is 19.5 Å². The van der Waals surface area contributed by atoms with Crippen LogP contribution in [-0.4, -0.2) is 5.91 Å². The zero-order chi connectivity index (χ0) is 34.6. The zero-order valence-electron chi connectivity index (χ0n) is 25.0. The summed E-state index contributed by atoms with van der Waals surface area (Å²) in [6.45, 7) is 0.275. The number of carbonyl (C=O) groups excluding carboxylic acids is 1. The van der Waals surface area contributed by atoms with E-state index in [0.29, 0.717) is 0 Å². The smallest absolute Gasteiger partial charge is 0.256 e. The Labute approximate surface area is 301 Å². The minimum Gasteiger partial charge on any atom is -0.485 e. The Morgan fingerprint density at radius 1 is 0.510 bits per heavy atom. The summed E-state index contributed by atoms with van der Waals surface area (Å²) < 4.78 is 88.8. The summed E-state index contributed by atoms with van der Waals surface area (Å²) in [6, 6.07) is 30.5. The first-order valence-corrected chi connectivity index (χ1v) is 17.8. The zero-order valence-corrected chi connectivity index (χ0v) is 29.1. The topological polar surface area (TPSA) is 56.8 Å².